The van der Waals surface area contributed by atoms with E-state index in [9.17, 15) is 4.79 Å². The molecule has 21 heavy (non-hydrogen) atoms. The van der Waals surface area contributed by atoms with E-state index in [2.05, 4.69) is 10.2 Å². The van der Waals surface area contributed by atoms with Gasteiger partial charge >= 0.3 is 0 Å². The van der Waals surface area contributed by atoms with E-state index >= 15 is 0 Å². The van der Waals surface area contributed by atoms with E-state index < -0.39 is 0 Å². The molecule has 1 aliphatic heterocycles. The molecule has 0 radical (unpaired) electrons. The van der Waals surface area contributed by atoms with E-state index in [1.807, 2.05) is 13.2 Å². The van der Waals surface area contributed by atoms with E-state index in [4.69, 9.17) is 5.73 Å². The van der Waals surface area contributed by atoms with E-state index in [-0.39, 0.29) is 5.78 Å². The fourth-order valence-corrected chi connectivity index (χ4v) is 4.70. The van der Waals surface area contributed by atoms with Crippen molar-refractivity contribution in [3.05, 3.63) is 4.88 Å². The van der Waals surface area contributed by atoms with Crippen molar-refractivity contribution in [1.29, 1.82) is 0 Å². The number of Topliss-reactive ketones (excluding diaryl/α,β-unsaturated/α-hetero) is 1. The molecule has 6 heteroatoms. The van der Waals surface area contributed by atoms with Crippen LogP contribution >= 0.6 is 23.1 Å². The lowest BCUT2D eigenvalue weighted by Crippen LogP contribution is -2.33. The van der Waals surface area contributed by atoms with Gasteiger partial charge in [-0.15, -0.1) is 23.1 Å². The van der Waals surface area contributed by atoms with Crippen molar-refractivity contribution in [3.8, 4) is 0 Å². The highest BCUT2D eigenvalue weighted by atomic mass is 32.2. The lowest BCUT2D eigenvalue weighted by atomic mass is 10.1. The number of ketones is 1. The van der Waals surface area contributed by atoms with Gasteiger partial charge in [0.15, 0.2) is 5.78 Å². The summed E-state index contributed by atoms with van der Waals surface area (Å²) in [7, 11) is 0. The molecule has 0 atom stereocenters. The molecule has 4 nitrogen and oxygen atoms in total. The monoisotopic (exact) mass is 327 g/mol. The summed E-state index contributed by atoms with van der Waals surface area (Å²) in [6.07, 6.45) is 6.51. The SMILES string of the molecule is CCC(=O)c1sc(NCCN2CCCCC2)c(SC)c1N. The summed E-state index contributed by atoms with van der Waals surface area (Å²) in [5, 5.41) is 4.53. The molecule has 2 rings (SSSR count). The van der Waals surface area contributed by atoms with Crippen LogP contribution in [0.4, 0.5) is 10.7 Å². The van der Waals surface area contributed by atoms with Crippen LogP contribution in [0.1, 0.15) is 42.3 Å². The van der Waals surface area contributed by atoms with Gasteiger partial charge in [-0.1, -0.05) is 13.3 Å². The van der Waals surface area contributed by atoms with Gasteiger partial charge in [-0.2, -0.15) is 0 Å². The Labute approximate surface area is 135 Å². The summed E-state index contributed by atoms with van der Waals surface area (Å²) < 4.78 is 0. The van der Waals surface area contributed by atoms with Crippen LogP contribution in [0.25, 0.3) is 0 Å². The van der Waals surface area contributed by atoms with Crippen molar-refractivity contribution in [3.63, 3.8) is 0 Å². The Morgan fingerprint density at radius 3 is 2.71 bits per heavy atom. The van der Waals surface area contributed by atoms with E-state index in [1.165, 1.54) is 43.7 Å². The van der Waals surface area contributed by atoms with Gasteiger partial charge in [-0.3, -0.25) is 4.79 Å². The zero-order chi connectivity index (χ0) is 15.2. The first-order chi connectivity index (χ1) is 10.2. The Morgan fingerprint density at radius 1 is 1.38 bits per heavy atom. The van der Waals surface area contributed by atoms with Crippen LogP contribution in [0.2, 0.25) is 0 Å². The van der Waals surface area contributed by atoms with E-state index in [0.29, 0.717) is 17.0 Å². The number of thiophene rings is 1. The largest absolute Gasteiger partial charge is 0.396 e. The molecule has 0 amide bonds. The number of nitrogens with zero attached hydrogens (tertiary/aromatic N) is 1. The maximum absolute atomic E-state index is 11.9. The second-order valence-corrected chi connectivity index (χ2v) is 7.15. The number of carbonyl (C=O) groups is 1. The first-order valence-corrected chi connectivity index (χ1v) is 9.67. The third-order valence-electron chi connectivity index (χ3n) is 3.84. The van der Waals surface area contributed by atoms with Crippen molar-refractivity contribution in [2.75, 3.05) is 43.5 Å². The molecule has 1 fully saturated rings. The minimum Gasteiger partial charge on any atom is -0.396 e. The van der Waals surface area contributed by atoms with Crippen molar-refractivity contribution in [1.82, 2.24) is 4.90 Å². The van der Waals surface area contributed by atoms with Gasteiger partial charge in [0.1, 0.15) is 5.00 Å². The van der Waals surface area contributed by atoms with Gasteiger partial charge in [0.25, 0.3) is 0 Å². The number of likely N-dealkylation sites (tertiary alicyclic amines) is 1. The second-order valence-electron chi connectivity index (χ2n) is 5.31. The number of carbonyl (C=O) groups excluding carboxylic acids is 1. The van der Waals surface area contributed by atoms with Crippen LogP contribution in [0.3, 0.4) is 0 Å². The van der Waals surface area contributed by atoms with Gasteiger partial charge < -0.3 is 16.0 Å². The minimum absolute atomic E-state index is 0.136. The fourth-order valence-electron chi connectivity index (χ4n) is 2.63. The summed E-state index contributed by atoms with van der Waals surface area (Å²) >= 11 is 3.12. The number of nitrogens with two attached hydrogens (primary N) is 1. The minimum atomic E-state index is 0.136. The molecule has 0 spiro atoms. The van der Waals surface area contributed by atoms with Crippen molar-refractivity contribution >= 4 is 39.6 Å². The fraction of sp³-hybridized carbons (Fsp3) is 0.667. The van der Waals surface area contributed by atoms with Gasteiger partial charge in [0.05, 0.1) is 15.5 Å². The summed E-state index contributed by atoms with van der Waals surface area (Å²) in [6, 6.07) is 0. The molecular formula is C15H25N3OS2. The zero-order valence-electron chi connectivity index (χ0n) is 12.9. The molecule has 3 N–H and O–H groups in total. The third-order valence-corrected chi connectivity index (χ3v) is 6.01. The molecule has 118 valence electrons. The van der Waals surface area contributed by atoms with Crippen LogP contribution in [-0.4, -0.2) is 43.1 Å². The molecule has 0 saturated carbocycles. The Hall–Kier alpha value is -0.720. The number of rotatable bonds is 7. The summed E-state index contributed by atoms with van der Waals surface area (Å²) in [6.45, 7) is 6.27. The number of anilines is 2. The first-order valence-electron chi connectivity index (χ1n) is 7.63. The maximum Gasteiger partial charge on any atom is 0.174 e. The van der Waals surface area contributed by atoms with Gasteiger partial charge in [-0.25, -0.2) is 0 Å². The van der Waals surface area contributed by atoms with Crippen LogP contribution in [0.5, 0.6) is 0 Å². The summed E-state index contributed by atoms with van der Waals surface area (Å²) in [5.74, 6) is 0.136. The van der Waals surface area contributed by atoms with Crippen molar-refractivity contribution in [2.24, 2.45) is 0 Å². The summed E-state index contributed by atoms with van der Waals surface area (Å²) in [5.41, 5.74) is 6.78. The third kappa shape index (κ3) is 4.14. The zero-order valence-corrected chi connectivity index (χ0v) is 14.5. The molecule has 1 aromatic heterocycles. The standard InChI is InChI=1S/C15H25N3OS2/c1-3-11(19)13-12(16)14(20-2)15(21-13)17-7-10-18-8-5-4-6-9-18/h17H,3-10,16H2,1-2H3. The number of nitrogen functional groups attached to an aromatic ring is 1. The van der Waals surface area contributed by atoms with Crippen molar-refractivity contribution < 1.29 is 4.79 Å². The highest BCUT2D eigenvalue weighted by Crippen LogP contribution is 2.42. The Bertz CT molecular complexity index is 482. The lowest BCUT2D eigenvalue weighted by Gasteiger charge is -2.26. The predicted octanol–water partition coefficient (Wildman–Crippen LogP) is 3.54. The molecule has 0 bridgehead atoms. The number of hydrogen-bond donors (Lipinski definition) is 2. The highest BCUT2D eigenvalue weighted by molar-refractivity contribution is 7.99. The smallest absolute Gasteiger partial charge is 0.174 e. The van der Waals surface area contributed by atoms with Crippen LogP contribution in [0, 0.1) is 0 Å². The van der Waals surface area contributed by atoms with E-state index in [0.717, 1.165) is 23.0 Å². The van der Waals surface area contributed by atoms with Gasteiger partial charge in [-0.05, 0) is 32.2 Å². The molecule has 1 saturated heterocycles. The normalized spacial score (nSPS) is 16.1. The average molecular weight is 328 g/mol. The average Bonchev–Trinajstić information content (AvgIpc) is 2.83. The molecule has 0 aromatic carbocycles. The maximum atomic E-state index is 11.9. The van der Waals surface area contributed by atoms with Crippen LogP contribution in [0.15, 0.2) is 4.90 Å². The van der Waals surface area contributed by atoms with Crippen molar-refractivity contribution in [2.45, 2.75) is 37.5 Å². The molecule has 1 aliphatic rings. The van der Waals surface area contributed by atoms with Crippen LogP contribution < -0.4 is 11.1 Å². The highest BCUT2D eigenvalue weighted by Gasteiger charge is 2.19. The number of nitrogens with one attached hydrogen (secondary N) is 1. The second kappa shape index (κ2) is 8.06. The quantitative estimate of drug-likeness (QED) is 0.592. The van der Waals surface area contributed by atoms with Gasteiger partial charge in [0, 0.05) is 19.5 Å². The molecule has 0 unspecified atom stereocenters. The number of hydrogen-bond acceptors (Lipinski definition) is 6. The Kier molecular flexibility index (Phi) is 6.39. The Balaban J connectivity index is 1.97. The molecule has 0 aliphatic carbocycles. The topological polar surface area (TPSA) is 58.4 Å². The van der Waals surface area contributed by atoms with E-state index in [1.54, 1.807) is 11.8 Å². The Morgan fingerprint density at radius 2 is 2.10 bits per heavy atom. The first kappa shape index (κ1) is 16.6. The molecule has 2 heterocycles. The number of thioether (sulfide) groups is 1. The summed E-state index contributed by atoms with van der Waals surface area (Å²) in [4.78, 5) is 16.2. The molecule has 1 aromatic rings. The predicted molar refractivity (Wildman–Crippen MR) is 93.9 cm³/mol. The van der Waals surface area contributed by atoms with Crippen LogP contribution in [-0.2, 0) is 0 Å². The lowest BCUT2D eigenvalue weighted by molar-refractivity contribution is 0.0992. The van der Waals surface area contributed by atoms with Gasteiger partial charge in [0.2, 0.25) is 0 Å². The molecular weight excluding hydrogens is 302 g/mol. The number of piperidine rings is 1.